The Morgan fingerprint density at radius 2 is 1.67 bits per heavy atom. The molecule has 0 aromatic heterocycles. The first-order valence-corrected chi connectivity index (χ1v) is 12.5. The molecule has 0 aliphatic carbocycles. The zero-order valence-electron chi connectivity index (χ0n) is 20.4. The third-order valence-electron chi connectivity index (χ3n) is 5.19. The first-order chi connectivity index (χ1) is 16.9. The molecule has 0 amide bonds. The Morgan fingerprint density at radius 1 is 1.00 bits per heavy atom. The average Bonchev–Trinajstić information content (AvgIpc) is 2.83. The quantitative estimate of drug-likeness (QED) is 0.355. The summed E-state index contributed by atoms with van der Waals surface area (Å²) in [5.74, 6) is -0.647. The third kappa shape index (κ3) is 6.46. The van der Waals surface area contributed by atoms with Crippen LogP contribution in [0.25, 0.3) is 0 Å². The Morgan fingerprint density at radius 3 is 2.25 bits per heavy atom. The van der Waals surface area contributed by atoms with Gasteiger partial charge >= 0.3 is 5.97 Å². The highest BCUT2D eigenvalue weighted by molar-refractivity contribution is 7.92. The van der Waals surface area contributed by atoms with Crippen LogP contribution in [0, 0.1) is 0 Å². The Balaban J connectivity index is 2.10. The topological polar surface area (TPSA) is 131 Å². The Bertz CT molecular complexity index is 1330. The number of rotatable bonds is 10. The van der Waals surface area contributed by atoms with Gasteiger partial charge in [-0.25, -0.2) is 13.2 Å². The van der Waals surface area contributed by atoms with E-state index in [9.17, 15) is 23.4 Å². The molecule has 3 aromatic rings. The van der Waals surface area contributed by atoms with E-state index in [2.05, 4.69) is 4.72 Å². The second-order valence-corrected chi connectivity index (χ2v) is 10.6. The Hall–Kier alpha value is -3.76. The minimum absolute atomic E-state index is 0.0126. The van der Waals surface area contributed by atoms with Crippen molar-refractivity contribution >= 4 is 21.7 Å². The van der Waals surface area contributed by atoms with Crippen LogP contribution in [-0.4, -0.2) is 44.9 Å². The molecule has 0 aliphatic heterocycles. The molecule has 0 saturated carbocycles. The lowest BCUT2D eigenvalue weighted by atomic mass is 9.87. The summed E-state index contributed by atoms with van der Waals surface area (Å²) in [5.41, 5.74) is 0.408. The van der Waals surface area contributed by atoms with Gasteiger partial charge in [0.15, 0.2) is 11.5 Å². The van der Waals surface area contributed by atoms with E-state index in [-0.39, 0.29) is 46.3 Å². The molecular formula is C26H29NO8S. The highest BCUT2D eigenvalue weighted by atomic mass is 32.2. The number of carbonyl (C=O) groups is 1. The smallest absolute Gasteiger partial charge is 0.335 e. The molecule has 0 heterocycles. The van der Waals surface area contributed by atoms with Gasteiger partial charge in [-0.05, 0) is 47.4 Å². The number of benzene rings is 3. The lowest BCUT2D eigenvalue weighted by molar-refractivity contribution is 0.0696. The van der Waals surface area contributed by atoms with Gasteiger partial charge in [0.05, 0.1) is 29.9 Å². The molecule has 10 heteroatoms. The molecule has 0 radical (unpaired) electrons. The van der Waals surface area contributed by atoms with Gasteiger partial charge in [0, 0.05) is 6.07 Å². The summed E-state index contributed by atoms with van der Waals surface area (Å²) >= 11 is 0. The molecule has 0 saturated heterocycles. The van der Waals surface area contributed by atoms with Crippen LogP contribution in [0.3, 0.4) is 0 Å². The minimum atomic E-state index is -4.14. The molecule has 3 N–H and O–H groups in total. The van der Waals surface area contributed by atoms with Crippen LogP contribution in [0.1, 0.15) is 36.7 Å². The summed E-state index contributed by atoms with van der Waals surface area (Å²) in [5, 5.41) is 18.8. The monoisotopic (exact) mass is 515 g/mol. The molecule has 0 unspecified atom stereocenters. The molecule has 0 bridgehead atoms. The van der Waals surface area contributed by atoms with E-state index in [1.54, 1.807) is 36.4 Å². The van der Waals surface area contributed by atoms with Crippen LogP contribution < -0.4 is 18.9 Å². The van der Waals surface area contributed by atoms with Crippen LogP contribution in [0.4, 0.5) is 5.69 Å². The molecule has 192 valence electrons. The number of methoxy groups -OCH3 is 1. The fraction of sp³-hybridized carbons (Fsp3) is 0.269. The molecule has 0 aliphatic rings. The van der Waals surface area contributed by atoms with E-state index in [0.29, 0.717) is 11.5 Å². The van der Waals surface area contributed by atoms with Crippen molar-refractivity contribution in [1.29, 1.82) is 0 Å². The lowest BCUT2D eigenvalue weighted by Crippen LogP contribution is -2.16. The number of carboxylic acids is 1. The van der Waals surface area contributed by atoms with Gasteiger partial charge in [-0.3, -0.25) is 4.72 Å². The summed E-state index contributed by atoms with van der Waals surface area (Å²) in [6.07, 6.45) is 0. The number of nitrogens with one attached hydrogen (secondary N) is 1. The first kappa shape index (κ1) is 26.8. The maximum Gasteiger partial charge on any atom is 0.335 e. The number of aliphatic hydroxyl groups excluding tert-OH is 1. The SMILES string of the molecule is COc1cccc(Oc2c(NS(=O)(=O)c3ccc(C(C)(C)C)cc3)cc(C(=O)O)cc2OCCO)c1. The van der Waals surface area contributed by atoms with Gasteiger partial charge in [0.2, 0.25) is 0 Å². The van der Waals surface area contributed by atoms with Crippen molar-refractivity contribution in [3.63, 3.8) is 0 Å². The van der Waals surface area contributed by atoms with E-state index in [1.807, 2.05) is 20.8 Å². The first-order valence-electron chi connectivity index (χ1n) is 11.0. The van der Waals surface area contributed by atoms with Gasteiger partial charge in [-0.1, -0.05) is 39.0 Å². The van der Waals surface area contributed by atoms with Gasteiger partial charge in [0.25, 0.3) is 10.0 Å². The van der Waals surface area contributed by atoms with Crippen molar-refractivity contribution in [1.82, 2.24) is 0 Å². The molecule has 9 nitrogen and oxygen atoms in total. The molecule has 3 rings (SSSR count). The summed E-state index contributed by atoms with van der Waals surface area (Å²) in [4.78, 5) is 11.7. The number of sulfonamides is 1. The maximum absolute atomic E-state index is 13.3. The van der Waals surface area contributed by atoms with E-state index in [0.717, 1.165) is 11.6 Å². The van der Waals surface area contributed by atoms with Crippen LogP contribution in [0.15, 0.2) is 65.6 Å². The molecule has 3 aromatic carbocycles. The van der Waals surface area contributed by atoms with Gasteiger partial charge < -0.3 is 24.4 Å². The fourth-order valence-corrected chi connectivity index (χ4v) is 4.34. The highest BCUT2D eigenvalue weighted by Gasteiger charge is 2.24. The van der Waals surface area contributed by atoms with E-state index < -0.39 is 16.0 Å². The molecular weight excluding hydrogens is 486 g/mol. The number of hydrogen-bond acceptors (Lipinski definition) is 7. The highest BCUT2D eigenvalue weighted by Crippen LogP contribution is 2.42. The second kappa shape index (κ2) is 10.9. The standard InChI is InChI=1S/C26H29NO8S/c1-26(2,3)18-8-10-21(11-9-18)36(31,32)27-22-14-17(25(29)30)15-23(34-13-12-28)24(22)35-20-7-5-6-19(16-20)33-4/h5-11,14-16,27-28H,12-13H2,1-4H3,(H,29,30). The van der Waals surface area contributed by atoms with E-state index in [1.165, 1.54) is 25.3 Å². The predicted octanol–water partition coefficient (Wildman–Crippen LogP) is 4.66. The van der Waals surface area contributed by atoms with Gasteiger partial charge in [-0.15, -0.1) is 0 Å². The minimum Gasteiger partial charge on any atom is -0.497 e. The zero-order valence-corrected chi connectivity index (χ0v) is 21.3. The van der Waals surface area contributed by atoms with Gasteiger partial charge in [0.1, 0.15) is 18.1 Å². The number of hydrogen-bond donors (Lipinski definition) is 3. The summed E-state index contributed by atoms with van der Waals surface area (Å²) in [6, 6.07) is 15.3. The van der Waals surface area contributed by atoms with Crippen molar-refractivity contribution in [2.45, 2.75) is 31.1 Å². The lowest BCUT2D eigenvalue weighted by Gasteiger charge is -2.20. The van der Waals surface area contributed by atoms with Crippen LogP contribution in [0.2, 0.25) is 0 Å². The summed E-state index contributed by atoms with van der Waals surface area (Å²) in [7, 11) is -2.65. The summed E-state index contributed by atoms with van der Waals surface area (Å²) < 4.78 is 45.6. The number of aliphatic hydroxyl groups is 1. The van der Waals surface area contributed by atoms with Crippen LogP contribution in [-0.2, 0) is 15.4 Å². The average molecular weight is 516 g/mol. The van der Waals surface area contributed by atoms with Crippen molar-refractivity contribution in [3.8, 4) is 23.0 Å². The zero-order chi connectivity index (χ0) is 26.5. The third-order valence-corrected chi connectivity index (χ3v) is 6.57. The maximum atomic E-state index is 13.3. The van der Waals surface area contributed by atoms with E-state index >= 15 is 0 Å². The Kier molecular flexibility index (Phi) is 8.11. The number of anilines is 1. The number of aromatic carboxylic acids is 1. The largest absolute Gasteiger partial charge is 0.497 e. The second-order valence-electron chi connectivity index (χ2n) is 8.89. The fourth-order valence-electron chi connectivity index (χ4n) is 3.29. The molecule has 36 heavy (non-hydrogen) atoms. The van der Waals surface area contributed by atoms with Crippen LogP contribution in [0.5, 0.6) is 23.0 Å². The predicted molar refractivity (Wildman–Crippen MR) is 135 cm³/mol. The van der Waals surface area contributed by atoms with E-state index in [4.69, 9.17) is 14.2 Å². The summed E-state index contributed by atoms with van der Waals surface area (Å²) in [6.45, 7) is 5.53. The molecule has 0 spiro atoms. The number of carboxylic acid groups (broad SMARTS) is 1. The molecule has 0 fully saturated rings. The van der Waals surface area contributed by atoms with Crippen molar-refractivity contribution in [2.75, 3.05) is 25.0 Å². The van der Waals surface area contributed by atoms with Crippen molar-refractivity contribution < 1.29 is 37.6 Å². The molecule has 0 atom stereocenters. The van der Waals surface area contributed by atoms with Crippen LogP contribution >= 0.6 is 0 Å². The van der Waals surface area contributed by atoms with Crippen molar-refractivity contribution in [2.24, 2.45) is 0 Å². The van der Waals surface area contributed by atoms with Gasteiger partial charge in [-0.2, -0.15) is 0 Å². The van der Waals surface area contributed by atoms with Crippen molar-refractivity contribution in [3.05, 3.63) is 71.8 Å². The number of ether oxygens (including phenoxy) is 3. The normalized spacial score (nSPS) is 11.6. The Labute approximate surface area is 210 Å².